The normalized spacial score (nSPS) is 11.0. The zero-order chi connectivity index (χ0) is 13.5. The van der Waals surface area contributed by atoms with Gasteiger partial charge in [0, 0.05) is 24.7 Å². The molecule has 3 nitrogen and oxygen atoms in total. The molecule has 0 atom stereocenters. The molecular weight excluding hydrogens is 229 g/mol. The lowest BCUT2D eigenvalue weighted by Crippen LogP contribution is -2.32. The van der Waals surface area contributed by atoms with Crippen molar-refractivity contribution in [1.29, 1.82) is 0 Å². The first-order valence-corrected chi connectivity index (χ1v) is 6.71. The van der Waals surface area contributed by atoms with Crippen molar-refractivity contribution in [3.63, 3.8) is 0 Å². The number of pyridine rings is 1. The van der Waals surface area contributed by atoms with Crippen molar-refractivity contribution in [3.8, 4) is 0 Å². The van der Waals surface area contributed by atoms with E-state index in [0.29, 0.717) is 12.6 Å². The first-order chi connectivity index (χ1) is 8.60. The zero-order valence-electron chi connectivity index (χ0n) is 11.8. The van der Waals surface area contributed by atoms with Gasteiger partial charge in [-0.1, -0.05) is 6.92 Å². The average Bonchev–Trinajstić information content (AvgIpc) is 2.32. The molecule has 0 spiro atoms. The van der Waals surface area contributed by atoms with Gasteiger partial charge in [-0.05, 0) is 39.8 Å². The maximum atomic E-state index is 13.3. The summed E-state index contributed by atoms with van der Waals surface area (Å²) in [6, 6.07) is 1.94. The van der Waals surface area contributed by atoms with Gasteiger partial charge in [0.25, 0.3) is 0 Å². The molecule has 0 aliphatic carbocycles. The van der Waals surface area contributed by atoms with Gasteiger partial charge in [0.2, 0.25) is 0 Å². The van der Waals surface area contributed by atoms with E-state index in [4.69, 9.17) is 0 Å². The summed E-state index contributed by atoms with van der Waals surface area (Å²) in [6.07, 6.45) is 2.36. The smallest absolute Gasteiger partial charge is 0.141 e. The lowest BCUT2D eigenvalue weighted by Gasteiger charge is -2.28. The molecule has 1 N–H and O–H groups in total. The summed E-state index contributed by atoms with van der Waals surface area (Å²) in [7, 11) is 0. The van der Waals surface area contributed by atoms with E-state index in [-0.39, 0.29) is 5.82 Å². The molecule has 0 aliphatic heterocycles. The first kappa shape index (κ1) is 14.9. The fraction of sp³-hybridized carbons (Fsp3) is 0.643. The van der Waals surface area contributed by atoms with Crippen LogP contribution < -0.4 is 10.2 Å². The van der Waals surface area contributed by atoms with Crippen molar-refractivity contribution in [2.24, 2.45) is 0 Å². The highest BCUT2D eigenvalue weighted by Crippen LogP contribution is 2.20. The SMILES string of the molecule is CCCNCc1cc(F)cnc1N(CC)C(C)C. The number of anilines is 1. The van der Waals surface area contributed by atoms with Crippen LogP contribution in [0.15, 0.2) is 12.3 Å². The van der Waals surface area contributed by atoms with Crippen molar-refractivity contribution in [1.82, 2.24) is 10.3 Å². The van der Waals surface area contributed by atoms with Gasteiger partial charge in [-0.25, -0.2) is 9.37 Å². The van der Waals surface area contributed by atoms with Crippen LogP contribution in [0.2, 0.25) is 0 Å². The topological polar surface area (TPSA) is 28.2 Å². The molecule has 1 aromatic rings. The van der Waals surface area contributed by atoms with E-state index < -0.39 is 0 Å². The molecule has 0 unspecified atom stereocenters. The van der Waals surface area contributed by atoms with Crippen molar-refractivity contribution >= 4 is 5.82 Å². The van der Waals surface area contributed by atoms with Crippen LogP contribution in [0.4, 0.5) is 10.2 Å². The molecule has 0 amide bonds. The molecule has 0 aromatic carbocycles. The fourth-order valence-electron chi connectivity index (χ4n) is 2.02. The first-order valence-electron chi connectivity index (χ1n) is 6.71. The Morgan fingerprint density at radius 2 is 2.11 bits per heavy atom. The van der Waals surface area contributed by atoms with Gasteiger partial charge in [-0.2, -0.15) is 0 Å². The Labute approximate surface area is 109 Å². The molecule has 0 aliphatic rings. The highest BCUT2D eigenvalue weighted by Gasteiger charge is 2.14. The average molecular weight is 253 g/mol. The van der Waals surface area contributed by atoms with Gasteiger partial charge in [-0.3, -0.25) is 0 Å². The number of nitrogens with zero attached hydrogens (tertiary/aromatic N) is 2. The third kappa shape index (κ3) is 3.95. The van der Waals surface area contributed by atoms with Crippen molar-refractivity contribution < 1.29 is 4.39 Å². The van der Waals surface area contributed by atoms with Gasteiger partial charge in [0.1, 0.15) is 11.6 Å². The molecule has 18 heavy (non-hydrogen) atoms. The summed E-state index contributed by atoms with van der Waals surface area (Å²) < 4.78 is 13.3. The van der Waals surface area contributed by atoms with Gasteiger partial charge in [0.15, 0.2) is 0 Å². The minimum Gasteiger partial charge on any atom is -0.354 e. The number of hydrogen-bond donors (Lipinski definition) is 1. The molecule has 1 aromatic heterocycles. The monoisotopic (exact) mass is 253 g/mol. The van der Waals surface area contributed by atoms with Crippen molar-refractivity contribution in [2.45, 2.75) is 46.7 Å². The molecule has 0 bridgehead atoms. The minimum atomic E-state index is -0.271. The summed E-state index contributed by atoms with van der Waals surface area (Å²) >= 11 is 0. The van der Waals surface area contributed by atoms with Crippen molar-refractivity contribution in [2.75, 3.05) is 18.0 Å². The number of aromatic nitrogens is 1. The molecule has 0 radical (unpaired) electrons. The summed E-state index contributed by atoms with van der Waals surface area (Å²) in [5.41, 5.74) is 0.930. The second-order valence-corrected chi connectivity index (χ2v) is 4.69. The van der Waals surface area contributed by atoms with Crippen LogP contribution in [0.5, 0.6) is 0 Å². The maximum Gasteiger partial charge on any atom is 0.141 e. The Balaban J connectivity index is 2.94. The van der Waals surface area contributed by atoms with E-state index in [0.717, 1.165) is 30.9 Å². The van der Waals surface area contributed by atoms with Crippen LogP contribution in [0.1, 0.15) is 39.7 Å². The molecule has 0 saturated heterocycles. The third-order valence-electron chi connectivity index (χ3n) is 2.89. The highest BCUT2D eigenvalue weighted by atomic mass is 19.1. The molecule has 102 valence electrons. The molecule has 1 rings (SSSR count). The lowest BCUT2D eigenvalue weighted by atomic mass is 10.2. The maximum absolute atomic E-state index is 13.3. The van der Waals surface area contributed by atoms with Gasteiger partial charge in [0.05, 0.1) is 6.20 Å². The van der Waals surface area contributed by atoms with Gasteiger partial charge in [-0.15, -0.1) is 0 Å². The van der Waals surface area contributed by atoms with E-state index in [2.05, 4.69) is 42.9 Å². The fourth-order valence-corrected chi connectivity index (χ4v) is 2.02. The summed E-state index contributed by atoms with van der Waals surface area (Å²) in [4.78, 5) is 6.44. The summed E-state index contributed by atoms with van der Waals surface area (Å²) in [6.45, 7) is 10.9. The number of rotatable bonds is 7. The van der Waals surface area contributed by atoms with Crippen molar-refractivity contribution in [3.05, 3.63) is 23.6 Å². The van der Waals surface area contributed by atoms with Crippen LogP contribution in [0.25, 0.3) is 0 Å². The Morgan fingerprint density at radius 1 is 1.39 bits per heavy atom. The summed E-state index contributed by atoms with van der Waals surface area (Å²) in [5, 5.41) is 3.30. The zero-order valence-corrected chi connectivity index (χ0v) is 11.8. The van der Waals surface area contributed by atoms with E-state index in [1.54, 1.807) is 6.07 Å². The Morgan fingerprint density at radius 3 is 2.67 bits per heavy atom. The molecular formula is C14H24FN3. The second-order valence-electron chi connectivity index (χ2n) is 4.69. The second kappa shape index (κ2) is 7.31. The predicted molar refractivity (Wildman–Crippen MR) is 74.3 cm³/mol. The minimum absolute atomic E-state index is 0.271. The Bertz CT molecular complexity index is 366. The van der Waals surface area contributed by atoms with E-state index >= 15 is 0 Å². The third-order valence-corrected chi connectivity index (χ3v) is 2.89. The van der Waals surface area contributed by atoms with E-state index in [9.17, 15) is 4.39 Å². The molecule has 4 heteroatoms. The van der Waals surface area contributed by atoms with Gasteiger partial charge < -0.3 is 10.2 Å². The standard InChI is InChI=1S/C14H24FN3/c1-5-7-16-9-12-8-13(15)10-17-14(12)18(6-2)11(3)4/h8,10-11,16H,5-7,9H2,1-4H3. The number of nitrogens with one attached hydrogen (secondary N) is 1. The van der Waals surface area contributed by atoms with Crippen LogP contribution in [-0.4, -0.2) is 24.1 Å². The highest BCUT2D eigenvalue weighted by molar-refractivity contribution is 5.47. The number of hydrogen-bond acceptors (Lipinski definition) is 3. The van der Waals surface area contributed by atoms with E-state index in [1.165, 1.54) is 6.20 Å². The van der Waals surface area contributed by atoms with E-state index in [1.807, 2.05) is 0 Å². The number of halogens is 1. The Hall–Kier alpha value is -1.16. The predicted octanol–water partition coefficient (Wildman–Crippen LogP) is 2.96. The summed E-state index contributed by atoms with van der Waals surface area (Å²) in [5.74, 6) is 0.615. The van der Waals surface area contributed by atoms with Crippen LogP contribution >= 0.6 is 0 Å². The quantitative estimate of drug-likeness (QED) is 0.757. The molecule has 1 heterocycles. The van der Waals surface area contributed by atoms with Gasteiger partial charge >= 0.3 is 0 Å². The van der Waals surface area contributed by atoms with Crippen LogP contribution in [-0.2, 0) is 6.54 Å². The molecule has 0 fully saturated rings. The largest absolute Gasteiger partial charge is 0.354 e. The Kier molecular flexibility index (Phi) is 6.05. The van der Waals surface area contributed by atoms with Crippen LogP contribution in [0.3, 0.4) is 0 Å². The molecule has 0 saturated carbocycles. The lowest BCUT2D eigenvalue weighted by molar-refractivity contribution is 0.605. The van der Waals surface area contributed by atoms with Crippen LogP contribution in [0, 0.1) is 5.82 Å².